The van der Waals surface area contributed by atoms with Crippen LogP contribution in [0.2, 0.25) is 12.6 Å². The number of alkyl halides is 1. The summed E-state index contributed by atoms with van der Waals surface area (Å²) in [6.45, 7) is 0.204. The molecule has 0 amide bonds. The lowest BCUT2D eigenvalue weighted by atomic mass is 10.0. The van der Waals surface area contributed by atoms with E-state index in [1.54, 1.807) is 0 Å². The lowest BCUT2D eigenvalue weighted by molar-refractivity contribution is 0.526. The lowest BCUT2D eigenvalue weighted by Gasteiger charge is -2.09. The minimum absolute atomic E-state index is 1.06. The Morgan fingerprint density at radius 2 is 0.720 bits per heavy atom. The maximum Gasteiger partial charge on any atom is 0.248 e. The third-order valence-electron chi connectivity index (χ3n) is 5.00. The first-order chi connectivity index (χ1) is 12.1. The Labute approximate surface area is 177 Å². The van der Waals surface area contributed by atoms with Crippen molar-refractivity contribution in [1.82, 2.24) is 0 Å². The SMILES string of the molecule is C[Si](Cl)(Cl)CCCCCCCCCCCCCCCCCCCCBr. The van der Waals surface area contributed by atoms with Crippen LogP contribution in [0, 0.1) is 0 Å². The fraction of sp³-hybridized carbons (Fsp3) is 1.00. The zero-order valence-electron chi connectivity index (χ0n) is 16.8. The van der Waals surface area contributed by atoms with Crippen molar-refractivity contribution in [2.75, 3.05) is 5.33 Å². The smallest absolute Gasteiger partial charge is 0.146 e. The molecule has 0 aromatic carbocycles. The zero-order chi connectivity index (χ0) is 18.6. The molecule has 0 nitrogen and oxygen atoms in total. The highest BCUT2D eigenvalue weighted by molar-refractivity contribution is 9.09. The molecule has 0 aromatic rings. The zero-order valence-corrected chi connectivity index (χ0v) is 20.9. The van der Waals surface area contributed by atoms with Crippen LogP contribution in [0.5, 0.6) is 0 Å². The van der Waals surface area contributed by atoms with Gasteiger partial charge in [-0.25, -0.2) is 0 Å². The van der Waals surface area contributed by atoms with Crippen LogP contribution < -0.4 is 0 Å². The van der Waals surface area contributed by atoms with E-state index in [1.165, 1.54) is 121 Å². The van der Waals surface area contributed by atoms with Gasteiger partial charge in [-0.2, -0.15) is 0 Å². The summed E-state index contributed by atoms with van der Waals surface area (Å²) in [7, 11) is 0. The molecule has 0 aromatic heterocycles. The van der Waals surface area contributed by atoms with Gasteiger partial charge in [0.25, 0.3) is 0 Å². The highest BCUT2D eigenvalue weighted by Crippen LogP contribution is 2.23. The van der Waals surface area contributed by atoms with Crippen LogP contribution in [0.25, 0.3) is 0 Å². The number of hydrogen-bond acceptors (Lipinski definition) is 0. The highest BCUT2D eigenvalue weighted by atomic mass is 79.9. The van der Waals surface area contributed by atoms with E-state index in [1.807, 2.05) is 6.55 Å². The fourth-order valence-electron chi connectivity index (χ4n) is 3.36. The summed E-state index contributed by atoms with van der Waals surface area (Å²) in [6.07, 6.45) is 25.5. The fourth-order valence-corrected chi connectivity index (χ4v) is 5.43. The molecule has 0 aliphatic heterocycles. The predicted octanol–water partition coefficient (Wildman–Crippen LogP) is 9.95. The third-order valence-corrected chi connectivity index (χ3v) is 7.93. The average Bonchev–Trinajstić information content (AvgIpc) is 2.56. The van der Waals surface area contributed by atoms with Crippen molar-refractivity contribution in [3.63, 3.8) is 0 Å². The number of halogens is 3. The number of hydrogen-bond donors (Lipinski definition) is 0. The summed E-state index contributed by atoms with van der Waals surface area (Å²) in [6, 6.07) is 1.06. The molecular formula is C21H43BrCl2Si. The van der Waals surface area contributed by atoms with Crippen LogP contribution in [0.15, 0.2) is 0 Å². The number of rotatable bonds is 20. The highest BCUT2D eigenvalue weighted by Gasteiger charge is 2.19. The summed E-state index contributed by atoms with van der Waals surface area (Å²) in [5.41, 5.74) is 0. The molecule has 0 rings (SSSR count). The van der Waals surface area contributed by atoms with Crippen LogP contribution in [0.1, 0.15) is 116 Å². The third kappa shape index (κ3) is 25.3. The van der Waals surface area contributed by atoms with E-state index < -0.39 is 6.69 Å². The molecule has 0 saturated heterocycles. The second kappa shape index (κ2) is 20.0. The monoisotopic (exact) mass is 472 g/mol. The lowest BCUT2D eigenvalue weighted by Crippen LogP contribution is -2.11. The normalized spacial score (nSPS) is 12.0. The molecule has 0 N–H and O–H groups in total. The molecule has 0 saturated carbocycles. The van der Waals surface area contributed by atoms with Crippen molar-refractivity contribution in [2.24, 2.45) is 0 Å². The number of unbranched alkanes of at least 4 members (excludes halogenated alkanes) is 17. The van der Waals surface area contributed by atoms with E-state index in [0.717, 1.165) is 6.04 Å². The molecule has 0 heterocycles. The van der Waals surface area contributed by atoms with Crippen LogP contribution in [-0.4, -0.2) is 12.0 Å². The van der Waals surface area contributed by atoms with E-state index in [9.17, 15) is 0 Å². The first-order valence-electron chi connectivity index (χ1n) is 11.0. The van der Waals surface area contributed by atoms with Crippen molar-refractivity contribution < 1.29 is 0 Å². The Morgan fingerprint density at radius 1 is 0.480 bits per heavy atom. The summed E-state index contributed by atoms with van der Waals surface area (Å²) in [5, 5.41) is 1.18. The standard InChI is InChI=1S/C21H43BrCl2Si/c1-25(23,24)21-19-17-15-13-11-9-7-5-3-2-4-6-8-10-12-14-16-18-20-22/h2-21H2,1H3. The molecule has 0 aliphatic carbocycles. The maximum atomic E-state index is 6.12. The first kappa shape index (κ1) is 26.3. The van der Waals surface area contributed by atoms with Crippen molar-refractivity contribution in [1.29, 1.82) is 0 Å². The predicted molar refractivity (Wildman–Crippen MR) is 125 cm³/mol. The van der Waals surface area contributed by atoms with Crippen molar-refractivity contribution >= 4 is 44.8 Å². The van der Waals surface area contributed by atoms with Gasteiger partial charge in [-0.3, -0.25) is 0 Å². The molecule has 25 heavy (non-hydrogen) atoms. The van der Waals surface area contributed by atoms with Gasteiger partial charge in [-0.1, -0.05) is 125 Å². The topological polar surface area (TPSA) is 0 Å². The Kier molecular flexibility index (Phi) is 21.0. The van der Waals surface area contributed by atoms with E-state index in [2.05, 4.69) is 15.9 Å². The minimum Gasteiger partial charge on any atom is -0.146 e. The molecular weight excluding hydrogens is 431 g/mol. The maximum absolute atomic E-state index is 6.12. The van der Waals surface area contributed by atoms with Crippen LogP contribution in [-0.2, 0) is 0 Å². The Morgan fingerprint density at radius 3 is 0.960 bits per heavy atom. The second-order valence-corrected chi connectivity index (χ2v) is 16.9. The Hall–Kier alpha value is 1.28. The van der Waals surface area contributed by atoms with Gasteiger partial charge in [0.1, 0.15) is 0 Å². The summed E-state index contributed by atoms with van der Waals surface area (Å²) in [5.74, 6) is 0. The molecule has 0 unspecified atom stereocenters. The van der Waals surface area contributed by atoms with Crippen molar-refractivity contribution in [2.45, 2.75) is 128 Å². The van der Waals surface area contributed by atoms with Gasteiger partial charge in [0.15, 0.2) is 0 Å². The molecule has 0 atom stereocenters. The molecule has 4 heteroatoms. The van der Waals surface area contributed by atoms with Gasteiger partial charge < -0.3 is 0 Å². The summed E-state index contributed by atoms with van der Waals surface area (Å²) < 4.78 is 0. The largest absolute Gasteiger partial charge is 0.248 e. The van der Waals surface area contributed by atoms with Crippen LogP contribution >= 0.6 is 38.1 Å². The van der Waals surface area contributed by atoms with Gasteiger partial charge >= 0.3 is 0 Å². The second-order valence-electron chi connectivity index (χ2n) is 7.87. The van der Waals surface area contributed by atoms with Crippen molar-refractivity contribution in [3.05, 3.63) is 0 Å². The van der Waals surface area contributed by atoms with Crippen molar-refractivity contribution in [3.8, 4) is 0 Å². The summed E-state index contributed by atoms with van der Waals surface area (Å²) in [4.78, 5) is 0. The van der Waals surface area contributed by atoms with E-state index >= 15 is 0 Å². The van der Waals surface area contributed by atoms with E-state index in [-0.39, 0.29) is 0 Å². The van der Waals surface area contributed by atoms with Gasteiger partial charge in [-0.15, -0.1) is 22.2 Å². The quantitative estimate of drug-likeness (QED) is 0.0713. The molecule has 0 aliphatic rings. The molecule has 152 valence electrons. The molecule has 0 fully saturated rings. The average molecular weight is 474 g/mol. The Balaban J connectivity index is 3.01. The van der Waals surface area contributed by atoms with Gasteiger partial charge in [0, 0.05) is 5.33 Å². The van der Waals surface area contributed by atoms with E-state index in [0.29, 0.717) is 0 Å². The molecule has 0 spiro atoms. The summed E-state index contributed by atoms with van der Waals surface area (Å²) >= 11 is 15.7. The molecule has 0 bridgehead atoms. The minimum atomic E-state index is -1.83. The van der Waals surface area contributed by atoms with E-state index in [4.69, 9.17) is 22.2 Å². The van der Waals surface area contributed by atoms with Crippen LogP contribution in [0.4, 0.5) is 0 Å². The van der Waals surface area contributed by atoms with Gasteiger partial charge in [0.2, 0.25) is 6.69 Å². The first-order valence-corrected chi connectivity index (χ1v) is 16.9. The Bertz CT molecular complexity index is 257. The molecule has 0 radical (unpaired) electrons. The van der Waals surface area contributed by atoms with Gasteiger partial charge in [0.05, 0.1) is 0 Å². The van der Waals surface area contributed by atoms with Gasteiger partial charge in [-0.05, 0) is 19.0 Å². The van der Waals surface area contributed by atoms with Crippen LogP contribution in [0.3, 0.4) is 0 Å².